The summed E-state index contributed by atoms with van der Waals surface area (Å²) in [5, 5.41) is 3.52. The van der Waals surface area contributed by atoms with Gasteiger partial charge >= 0.3 is 0 Å². The van der Waals surface area contributed by atoms with Crippen molar-refractivity contribution in [3.8, 4) is 0 Å². The summed E-state index contributed by atoms with van der Waals surface area (Å²) >= 11 is 0. The van der Waals surface area contributed by atoms with Crippen molar-refractivity contribution in [1.82, 2.24) is 5.32 Å². The normalized spacial score (nSPS) is 11.9. The maximum Gasteiger partial charge on any atom is 0.0210 e. The fraction of sp³-hybridized carbons (Fsp3) is 0.625. The molecule has 0 fully saturated rings. The first kappa shape index (κ1) is 15.2. The van der Waals surface area contributed by atoms with Crippen molar-refractivity contribution in [1.29, 1.82) is 0 Å². The van der Waals surface area contributed by atoms with Crippen molar-refractivity contribution in [3.05, 3.63) is 34.4 Å². The van der Waals surface area contributed by atoms with E-state index in [9.17, 15) is 0 Å². The van der Waals surface area contributed by atoms with Gasteiger partial charge in [-0.2, -0.15) is 0 Å². The van der Waals surface area contributed by atoms with Crippen molar-refractivity contribution < 1.29 is 0 Å². The van der Waals surface area contributed by atoms with Crippen LogP contribution < -0.4 is 11.1 Å². The summed E-state index contributed by atoms with van der Waals surface area (Å²) in [6.45, 7) is 12.7. The molecule has 3 N–H and O–H groups in total. The first-order valence-electron chi connectivity index (χ1n) is 6.86. The first-order chi connectivity index (χ1) is 8.29. The average Bonchev–Trinajstić information content (AvgIpc) is 2.19. The number of nitrogens with two attached hydrogens (primary N) is 1. The van der Waals surface area contributed by atoms with Gasteiger partial charge in [0.05, 0.1) is 0 Å². The SMILES string of the molecule is Cc1cc(C)c(CNCCCC(C)(C)N)c(C)c1. The Labute approximate surface area is 112 Å². The highest BCUT2D eigenvalue weighted by Crippen LogP contribution is 2.16. The summed E-state index contributed by atoms with van der Waals surface area (Å²) in [7, 11) is 0. The van der Waals surface area contributed by atoms with E-state index in [1.165, 1.54) is 22.3 Å². The largest absolute Gasteiger partial charge is 0.326 e. The van der Waals surface area contributed by atoms with E-state index in [0.29, 0.717) is 0 Å². The van der Waals surface area contributed by atoms with Crippen molar-refractivity contribution >= 4 is 0 Å². The van der Waals surface area contributed by atoms with Crippen LogP contribution in [0.25, 0.3) is 0 Å². The number of hydrogen-bond acceptors (Lipinski definition) is 2. The van der Waals surface area contributed by atoms with E-state index in [1.54, 1.807) is 0 Å². The molecule has 0 atom stereocenters. The monoisotopic (exact) mass is 248 g/mol. The topological polar surface area (TPSA) is 38.0 Å². The van der Waals surface area contributed by atoms with Gasteiger partial charge in [-0.15, -0.1) is 0 Å². The molecule has 102 valence electrons. The average molecular weight is 248 g/mol. The fourth-order valence-corrected chi connectivity index (χ4v) is 2.37. The zero-order valence-electron chi connectivity index (χ0n) is 12.6. The molecule has 2 heteroatoms. The summed E-state index contributed by atoms with van der Waals surface area (Å²) in [5.74, 6) is 0. The summed E-state index contributed by atoms with van der Waals surface area (Å²) in [4.78, 5) is 0. The molecule has 1 aromatic carbocycles. The molecule has 0 aliphatic heterocycles. The Morgan fingerprint density at radius 3 is 2.17 bits per heavy atom. The Morgan fingerprint density at radius 1 is 1.11 bits per heavy atom. The van der Waals surface area contributed by atoms with Crippen LogP contribution in [0.15, 0.2) is 12.1 Å². The van der Waals surface area contributed by atoms with Gasteiger partial charge in [-0.05, 0) is 70.7 Å². The molecule has 0 heterocycles. The molecule has 0 radical (unpaired) electrons. The molecule has 0 saturated carbocycles. The van der Waals surface area contributed by atoms with Crippen LogP contribution in [0.1, 0.15) is 48.9 Å². The molecular weight excluding hydrogens is 220 g/mol. The number of hydrogen-bond donors (Lipinski definition) is 2. The zero-order chi connectivity index (χ0) is 13.8. The lowest BCUT2D eigenvalue weighted by atomic mass is 9.99. The Hall–Kier alpha value is -0.860. The van der Waals surface area contributed by atoms with E-state index in [-0.39, 0.29) is 5.54 Å². The molecule has 0 aliphatic rings. The van der Waals surface area contributed by atoms with E-state index >= 15 is 0 Å². The lowest BCUT2D eigenvalue weighted by molar-refractivity contribution is 0.448. The van der Waals surface area contributed by atoms with Gasteiger partial charge in [0, 0.05) is 12.1 Å². The number of aryl methyl sites for hydroxylation is 3. The Balaban J connectivity index is 2.41. The van der Waals surface area contributed by atoms with Gasteiger partial charge in [-0.3, -0.25) is 0 Å². The molecule has 1 rings (SSSR count). The molecule has 2 nitrogen and oxygen atoms in total. The highest BCUT2D eigenvalue weighted by atomic mass is 14.8. The van der Waals surface area contributed by atoms with Gasteiger partial charge < -0.3 is 11.1 Å². The van der Waals surface area contributed by atoms with Crippen LogP contribution in [0, 0.1) is 20.8 Å². The quantitative estimate of drug-likeness (QED) is 0.759. The maximum absolute atomic E-state index is 5.97. The third kappa shape index (κ3) is 5.19. The summed E-state index contributed by atoms with van der Waals surface area (Å²) in [6.07, 6.45) is 2.19. The smallest absolute Gasteiger partial charge is 0.0210 e. The molecule has 0 aromatic heterocycles. The Kier molecular flexibility index (Phi) is 5.36. The second-order valence-corrected chi connectivity index (χ2v) is 6.15. The van der Waals surface area contributed by atoms with Crippen LogP contribution >= 0.6 is 0 Å². The Morgan fingerprint density at radius 2 is 1.67 bits per heavy atom. The van der Waals surface area contributed by atoms with Gasteiger partial charge in [0.1, 0.15) is 0 Å². The molecule has 0 aliphatic carbocycles. The van der Waals surface area contributed by atoms with Gasteiger partial charge in [-0.1, -0.05) is 17.7 Å². The first-order valence-corrected chi connectivity index (χ1v) is 6.86. The van der Waals surface area contributed by atoms with Crippen LogP contribution in [0.3, 0.4) is 0 Å². The van der Waals surface area contributed by atoms with E-state index in [4.69, 9.17) is 5.73 Å². The highest BCUT2D eigenvalue weighted by Gasteiger charge is 2.09. The predicted octanol–water partition coefficient (Wildman–Crippen LogP) is 3.22. The van der Waals surface area contributed by atoms with Crippen molar-refractivity contribution in [2.75, 3.05) is 6.54 Å². The third-order valence-electron chi connectivity index (χ3n) is 3.32. The lowest BCUT2D eigenvalue weighted by Gasteiger charge is -2.18. The molecule has 0 amide bonds. The van der Waals surface area contributed by atoms with Gasteiger partial charge in [0.15, 0.2) is 0 Å². The van der Waals surface area contributed by atoms with Crippen LogP contribution in [0.4, 0.5) is 0 Å². The van der Waals surface area contributed by atoms with Crippen molar-refractivity contribution in [2.24, 2.45) is 5.73 Å². The fourth-order valence-electron chi connectivity index (χ4n) is 2.37. The third-order valence-corrected chi connectivity index (χ3v) is 3.32. The van der Waals surface area contributed by atoms with Crippen molar-refractivity contribution in [2.45, 2.75) is 59.5 Å². The summed E-state index contributed by atoms with van der Waals surface area (Å²) in [5.41, 5.74) is 11.5. The molecule has 0 saturated heterocycles. The highest BCUT2D eigenvalue weighted by molar-refractivity contribution is 5.37. The summed E-state index contributed by atoms with van der Waals surface area (Å²) < 4.78 is 0. The zero-order valence-corrected chi connectivity index (χ0v) is 12.6. The lowest BCUT2D eigenvalue weighted by Crippen LogP contribution is -2.32. The van der Waals surface area contributed by atoms with Crippen molar-refractivity contribution in [3.63, 3.8) is 0 Å². The van der Waals surface area contributed by atoms with Crippen LogP contribution in [-0.2, 0) is 6.54 Å². The number of nitrogens with one attached hydrogen (secondary N) is 1. The molecule has 0 spiro atoms. The summed E-state index contributed by atoms with van der Waals surface area (Å²) in [6, 6.07) is 4.51. The maximum atomic E-state index is 5.97. The van der Waals surface area contributed by atoms with E-state index in [2.05, 4.69) is 52.1 Å². The predicted molar refractivity (Wildman–Crippen MR) is 79.9 cm³/mol. The molecule has 0 bridgehead atoms. The minimum atomic E-state index is -0.0443. The van der Waals surface area contributed by atoms with Crippen LogP contribution in [0.2, 0.25) is 0 Å². The van der Waals surface area contributed by atoms with Gasteiger partial charge in [-0.25, -0.2) is 0 Å². The molecule has 18 heavy (non-hydrogen) atoms. The minimum Gasteiger partial charge on any atom is -0.326 e. The van der Waals surface area contributed by atoms with Crippen LogP contribution in [0.5, 0.6) is 0 Å². The second-order valence-electron chi connectivity index (χ2n) is 6.15. The van der Waals surface area contributed by atoms with E-state index < -0.39 is 0 Å². The number of benzene rings is 1. The molecule has 0 unspecified atom stereocenters. The number of rotatable bonds is 6. The standard InChI is InChI=1S/C16H28N2/c1-12-9-13(2)15(14(3)10-12)11-18-8-6-7-16(4,5)17/h9-10,18H,6-8,11,17H2,1-5H3. The van der Waals surface area contributed by atoms with Gasteiger partial charge in [0.25, 0.3) is 0 Å². The van der Waals surface area contributed by atoms with Crippen LogP contribution in [-0.4, -0.2) is 12.1 Å². The molecule has 1 aromatic rings. The second kappa shape index (κ2) is 6.35. The van der Waals surface area contributed by atoms with Gasteiger partial charge in [0.2, 0.25) is 0 Å². The minimum absolute atomic E-state index is 0.0443. The molecular formula is C16H28N2. The Bertz CT molecular complexity index is 366. The van der Waals surface area contributed by atoms with E-state index in [0.717, 1.165) is 25.9 Å². The van der Waals surface area contributed by atoms with E-state index in [1.807, 2.05) is 0 Å².